The van der Waals surface area contributed by atoms with Crippen LogP contribution in [0.3, 0.4) is 0 Å². The standard InChI is InChI=1S/C11H19NO/c1-10(2,3)8-7-9(13-12-8)11(4,5)6/h7H,1-6H3/i7T. The Kier molecular flexibility index (Phi) is 1.94. The minimum absolute atomic E-state index is 0.121. The molecule has 0 aliphatic carbocycles. The van der Waals surface area contributed by atoms with Gasteiger partial charge in [0.15, 0.2) is 0 Å². The fourth-order valence-electron chi connectivity index (χ4n) is 0.893. The number of hydrogen-bond donors (Lipinski definition) is 0. The minimum Gasteiger partial charge on any atom is -0.361 e. The van der Waals surface area contributed by atoms with Crippen LogP contribution in [0.15, 0.2) is 10.6 Å². The summed E-state index contributed by atoms with van der Waals surface area (Å²) < 4.78 is 13.2. The zero-order chi connectivity index (χ0) is 11.1. The summed E-state index contributed by atoms with van der Waals surface area (Å²) in [6, 6.07) is 0.449. The van der Waals surface area contributed by atoms with Crippen molar-refractivity contribution in [1.82, 2.24) is 5.16 Å². The van der Waals surface area contributed by atoms with E-state index in [1.54, 1.807) is 0 Å². The van der Waals surface area contributed by atoms with Gasteiger partial charge in [-0.05, 0) is 0 Å². The maximum absolute atomic E-state index is 7.98. The average molecular weight is 183 g/mol. The van der Waals surface area contributed by atoms with E-state index in [-0.39, 0.29) is 10.8 Å². The van der Waals surface area contributed by atoms with E-state index in [2.05, 4.69) is 5.16 Å². The number of rotatable bonds is 0. The largest absolute Gasteiger partial charge is 0.361 e. The Morgan fingerprint density at radius 3 is 1.92 bits per heavy atom. The quantitative estimate of drug-likeness (QED) is 0.617. The zero-order valence-electron chi connectivity index (χ0n) is 10.4. The smallest absolute Gasteiger partial charge is 0.142 e. The lowest BCUT2D eigenvalue weighted by Crippen LogP contribution is -2.12. The van der Waals surface area contributed by atoms with Crippen molar-refractivity contribution in [2.45, 2.75) is 52.4 Å². The van der Waals surface area contributed by atoms with Gasteiger partial charge in [0.25, 0.3) is 0 Å². The molecular formula is C11H19NO. The molecule has 2 nitrogen and oxygen atoms in total. The predicted molar refractivity (Wildman–Crippen MR) is 53.9 cm³/mol. The number of nitrogens with zero attached hydrogens (tertiary/aromatic N) is 1. The first-order valence-corrected chi connectivity index (χ1v) is 4.61. The SMILES string of the molecule is [3H]c1c(C(C)(C)C)noc1C(C)(C)C. The number of hydrogen-bond acceptors (Lipinski definition) is 2. The lowest BCUT2D eigenvalue weighted by molar-refractivity contribution is 0.319. The monoisotopic (exact) mass is 183 g/mol. The third-order valence-corrected chi connectivity index (χ3v) is 1.85. The van der Waals surface area contributed by atoms with Gasteiger partial charge >= 0.3 is 0 Å². The van der Waals surface area contributed by atoms with Gasteiger partial charge in [0.05, 0.1) is 7.06 Å². The van der Waals surface area contributed by atoms with Crippen LogP contribution in [0.25, 0.3) is 0 Å². The summed E-state index contributed by atoms with van der Waals surface area (Å²) in [7, 11) is 0. The first-order valence-electron chi connectivity index (χ1n) is 5.11. The normalized spacial score (nSPS) is 14.5. The van der Waals surface area contributed by atoms with Gasteiger partial charge in [-0.2, -0.15) is 0 Å². The van der Waals surface area contributed by atoms with Crippen molar-refractivity contribution < 1.29 is 5.89 Å². The predicted octanol–water partition coefficient (Wildman–Crippen LogP) is 3.27. The highest BCUT2D eigenvalue weighted by Gasteiger charge is 2.24. The molecule has 0 aliphatic rings. The van der Waals surface area contributed by atoms with Crippen molar-refractivity contribution in [3.05, 3.63) is 17.5 Å². The molecule has 0 saturated carbocycles. The van der Waals surface area contributed by atoms with Gasteiger partial charge < -0.3 is 4.52 Å². The molecule has 0 saturated heterocycles. The van der Waals surface area contributed by atoms with Crippen molar-refractivity contribution in [1.29, 1.82) is 0 Å². The second-order valence-corrected chi connectivity index (χ2v) is 5.49. The van der Waals surface area contributed by atoms with E-state index in [1.165, 1.54) is 0 Å². The van der Waals surface area contributed by atoms with Gasteiger partial charge in [-0.3, -0.25) is 0 Å². The molecule has 0 atom stereocenters. The van der Waals surface area contributed by atoms with E-state index in [4.69, 9.17) is 5.89 Å². The van der Waals surface area contributed by atoms with Crippen LogP contribution in [0.2, 0.25) is 0 Å². The van der Waals surface area contributed by atoms with Crippen molar-refractivity contribution >= 4 is 0 Å². The van der Waals surface area contributed by atoms with Gasteiger partial charge in [0, 0.05) is 16.9 Å². The second-order valence-electron chi connectivity index (χ2n) is 5.49. The van der Waals surface area contributed by atoms with Crippen molar-refractivity contribution in [2.75, 3.05) is 0 Å². The molecule has 0 aliphatic heterocycles. The lowest BCUT2D eigenvalue weighted by Gasteiger charge is -2.14. The Hall–Kier alpha value is -0.790. The highest BCUT2D eigenvalue weighted by Crippen LogP contribution is 2.27. The van der Waals surface area contributed by atoms with Crippen LogP contribution in [0, 0.1) is 0 Å². The summed E-state index contributed by atoms with van der Waals surface area (Å²) in [5, 5.41) is 3.99. The summed E-state index contributed by atoms with van der Waals surface area (Å²) in [5.41, 5.74) is 0.472. The molecule has 1 aromatic rings. The highest BCUT2D eigenvalue weighted by molar-refractivity contribution is 5.18. The average Bonchev–Trinajstić information content (AvgIpc) is 2.26. The van der Waals surface area contributed by atoms with E-state index in [9.17, 15) is 0 Å². The van der Waals surface area contributed by atoms with E-state index < -0.39 is 0 Å². The highest BCUT2D eigenvalue weighted by atomic mass is 16.5. The Morgan fingerprint density at radius 1 is 1.15 bits per heavy atom. The van der Waals surface area contributed by atoms with E-state index in [0.29, 0.717) is 11.8 Å². The summed E-state index contributed by atoms with van der Waals surface area (Å²) in [5.74, 6) is 0.669. The Labute approximate surface area is 81.7 Å². The first kappa shape index (κ1) is 8.79. The molecule has 1 aromatic heterocycles. The maximum atomic E-state index is 7.98. The molecule has 2 heteroatoms. The van der Waals surface area contributed by atoms with Crippen molar-refractivity contribution in [3.63, 3.8) is 0 Å². The molecule has 0 bridgehead atoms. The Bertz CT molecular complexity index is 297. The molecule has 1 rings (SSSR count). The van der Waals surface area contributed by atoms with Gasteiger partial charge in [-0.25, -0.2) is 0 Å². The Morgan fingerprint density at radius 2 is 1.69 bits per heavy atom. The molecule has 0 N–H and O–H groups in total. The zero-order valence-corrected chi connectivity index (χ0v) is 9.36. The molecule has 0 unspecified atom stereocenters. The molecular weight excluding hydrogens is 162 g/mol. The first-order chi connectivity index (χ1) is 6.14. The second kappa shape index (κ2) is 2.86. The lowest BCUT2D eigenvalue weighted by atomic mass is 9.88. The molecule has 1 heterocycles. The van der Waals surface area contributed by atoms with Gasteiger partial charge in [0.2, 0.25) is 0 Å². The molecule has 0 aromatic carbocycles. The molecule has 13 heavy (non-hydrogen) atoms. The maximum Gasteiger partial charge on any atom is 0.142 e. The van der Waals surface area contributed by atoms with Crippen LogP contribution in [0.4, 0.5) is 0 Å². The van der Waals surface area contributed by atoms with E-state index >= 15 is 0 Å². The van der Waals surface area contributed by atoms with Crippen LogP contribution in [-0.2, 0) is 10.8 Å². The van der Waals surface area contributed by atoms with Gasteiger partial charge in [0.1, 0.15) is 5.76 Å². The van der Waals surface area contributed by atoms with Crippen LogP contribution < -0.4 is 0 Å². The van der Waals surface area contributed by atoms with Crippen LogP contribution in [0.5, 0.6) is 0 Å². The topological polar surface area (TPSA) is 26.0 Å². The van der Waals surface area contributed by atoms with Gasteiger partial charge in [-0.1, -0.05) is 46.7 Å². The summed E-state index contributed by atoms with van der Waals surface area (Å²) in [6.07, 6.45) is 0. The molecule has 74 valence electrons. The fraction of sp³-hybridized carbons (Fsp3) is 0.727. The third kappa shape index (κ3) is 2.33. The van der Waals surface area contributed by atoms with E-state index in [0.717, 1.165) is 5.69 Å². The minimum atomic E-state index is -0.145. The summed E-state index contributed by atoms with van der Waals surface area (Å²) >= 11 is 0. The number of aromatic nitrogens is 1. The van der Waals surface area contributed by atoms with Crippen LogP contribution in [0.1, 0.15) is 54.4 Å². The molecule has 0 fully saturated rings. The van der Waals surface area contributed by atoms with Gasteiger partial charge in [-0.15, -0.1) is 0 Å². The van der Waals surface area contributed by atoms with Crippen LogP contribution in [-0.4, -0.2) is 5.16 Å². The molecule has 0 radical (unpaired) electrons. The molecule has 0 spiro atoms. The molecule has 0 amide bonds. The Balaban J connectivity index is 3.23. The summed E-state index contributed by atoms with van der Waals surface area (Å²) in [6.45, 7) is 12.2. The van der Waals surface area contributed by atoms with Crippen LogP contribution >= 0.6 is 0 Å². The third-order valence-electron chi connectivity index (χ3n) is 1.85. The fourth-order valence-corrected chi connectivity index (χ4v) is 0.893. The van der Waals surface area contributed by atoms with Crippen molar-refractivity contribution in [3.8, 4) is 0 Å². The van der Waals surface area contributed by atoms with E-state index in [1.807, 2.05) is 41.5 Å². The summed E-state index contributed by atoms with van der Waals surface area (Å²) in [4.78, 5) is 0. The van der Waals surface area contributed by atoms with Crippen molar-refractivity contribution in [2.24, 2.45) is 0 Å².